The van der Waals surface area contributed by atoms with E-state index in [0.717, 1.165) is 35.5 Å². The van der Waals surface area contributed by atoms with E-state index in [1.165, 1.54) is 87.7 Å². The molecule has 0 radical (unpaired) electrons. The van der Waals surface area contributed by atoms with Crippen LogP contribution in [0, 0.1) is 0 Å². The molecule has 4 N–H and O–H groups in total. The first kappa shape index (κ1) is 30.3. The Kier molecular flexibility index (Phi) is 16.2. The highest BCUT2D eigenvalue weighted by molar-refractivity contribution is 8.14. The van der Waals surface area contributed by atoms with Crippen molar-refractivity contribution >= 4 is 45.1 Å². The van der Waals surface area contributed by atoms with Crippen molar-refractivity contribution in [2.75, 3.05) is 11.5 Å². The van der Waals surface area contributed by atoms with Crippen LogP contribution in [0.15, 0.2) is 58.3 Å². The Labute approximate surface area is 226 Å². The third kappa shape index (κ3) is 14.0. The second kappa shape index (κ2) is 19.2. The summed E-state index contributed by atoms with van der Waals surface area (Å²) in [6, 6.07) is 15.1. The Hall–Kier alpha value is -1.92. The molecule has 0 heterocycles. The maximum Gasteiger partial charge on any atom is 0.193 e. The zero-order valence-electron chi connectivity index (χ0n) is 21.7. The predicted molar refractivity (Wildman–Crippen MR) is 157 cm³/mol. The lowest BCUT2D eigenvalue weighted by Crippen LogP contribution is -1.94. The summed E-state index contributed by atoms with van der Waals surface area (Å²) >= 11 is 2.55. The molecule has 6 heteroatoms. The van der Waals surface area contributed by atoms with Gasteiger partial charge in [-0.05, 0) is 60.6 Å². The number of thioether (sulfide) groups is 2. The number of rotatable bonds is 19. The average molecular weight is 529 g/mol. The summed E-state index contributed by atoms with van der Waals surface area (Å²) in [6.07, 6.45) is 18.5. The van der Waals surface area contributed by atoms with Gasteiger partial charge in [-0.1, -0.05) is 101 Å². The van der Waals surface area contributed by atoms with Crippen LogP contribution in [0.2, 0.25) is 0 Å². The van der Waals surface area contributed by atoms with E-state index in [9.17, 15) is 9.59 Å². The van der Waals surface area contributed by atoms with E-state index >= 15 is 0 Å². The third-order valence-electron chi connectivity index (χ3n) is 6.30. The highest BCUT2D eigenvalue weighted by atomic mass is 32.2. The van der Waals surface area contributed by atoms with Gasteiger partial charge in [-0.25, -0.2) is 0 Å². The Bertz CT molecular complexity index is 831. The van der Waals surface area contributed by atoms with Crippen LogP contribution >= 0.6 is 23.5 Å². The van der Waals surface area contributed by atoms with Crippen LogP contribution in [0.4, 0.5) is 11.4 Å². The van der Waals surface area contributed by atoms with E-state index in [0.29, 0.717) is 24.2 Å². The summed E-state index contributed by atoms with van der Waals surface area (Å²) in [5, 5.41) is 0.433. The molecule has 0 fully saturated rings. The van der Waals surface area contributed by atoms with E-state index in [1.54, 1.807) is 0 Å². The fourth-order valence-electron chi connectivity index (χ4n) is 4.15. The standard InChI is InChI=1S/C30H44N2O2S2/c31-25-19-15-17-21-27(25)35-29(33)23-13-11-9-7-5-3-1-2-4-6-8-10-12-14-24-30(34)36-28-22-18-16-20-26(28)32/h15-22H,1-14,23-24,31-32H2. The van der Waals surface area contributed by atoms with E-state index in [1.807, 2.05) is 48.5 Å². The normalized spacial score (nSPS) is 11.0. The van der Waals surface area contributed by atoms with E-state index in [4.69, 9.17) is 11.5 Å². The molecule has 2 aromatic carbocycles. The molecule has 0 aliphatic rings. The van der Waals surface area contributed by atoms with Crippen LogP contribution in [0.5, 0.6) is 0 Å². The van der Waals surface area contributed by atoms with Crippen LogP contribution in [-0.4, -0.2) is 10.2 Å². The summed E-state index contributed by atoms with van der Waals surface area (Å²) in [5.74, 6) is 0. The number of anilines is 2. The largest absolute Gasteiger partial charge is 0.398 e. The molecule has 198 valence electrons. The van der Waals surface area contributed by atoms with Gasteiger partial charge >= 0.3 is 0 Å². The minimum Gasteiger partial charge on any atom is -0.398 e. The number of unbranched alkanes of at least 4 members (excludes halogenated alkanes) is 13. The van der Waals surface area contributed by atoms with Crippen molar-refractivity contribution in [2.45, 2.75) is 113 Å². The number of hydrogen-bond donors (Lipinski definition) is 2. The first-order chi connectivity index (χ1) is 17.6. The molecular formula is C30H44N2O2S2. The van der Waals surface area contributed by atoms with E-state index < -0.39 is 0 Å². The lowest BCUT2D eigenvalue weighted by atomic mass is 10.0. The maximum absolute atomic E-state index is 12.1. The molecule has 0 saturated heterocycles. The first-order valence-electron chi connectivity index (χ1n) is 13.7. The first-order valence-corrected chi connectivity index (χ1v) is 15.3. The van der Waals surface area contributed by atoms with Crippen molar-refractivity contribution in [3.05, 3.63) is 48.5 Å². The van der Waals surface area contributed by atoms with Gasteiger partial charge in [0.25, 0.3) is 0 Å². The predicted octanol–water partition coefficient (Wildman–Crippen LogP) is 9.03. The van der Waals surface area contributed by atoms with Gasteiger partial charge in [-0.3, -0.25) is 9.59 Å². The molecule has 0 bridgehead atoms. The average Bonchev–Trinajstić information content (AvgIpc) is 2.86. The molecular weight excluding hydrogens is 484 g/mol. The summed E-state index contributed by atoms with van der Waals surface area (Å²) in [7, 11) is 0. The molecule has 0 spiro atoms. The zero-order chi connectivity index (χ0) is 25.8. The molecule has 0 unspecified atom stereocenters. The van der Waals surface area contributed by atoms with Gasteiger partial charge in [-0.15, -0.1) is 0 Å². The summed E-state index contributed by atoms with van der Waals surface area (Å²) in [6.45, 7) is 0. The molecule has 0 aliphatic heterocycles. The summed E-state index contributed by atoms with van der Waals surface area (Å²) in [4.78, 5) is 25.9. The van der Waals surface area contributed by atoms with Gasteiger partial charge in [0.1, 0.15) is 0 Å². The Morgan fingerprint density at radius 3 is 1.06 bits per heavy atom. The number of carbonyl (C=O) groups is 2. The molecule has 2 rings (SSSR count). The van der Waals surface area contributed by atoms with Crippen LogP contribution in [0.1, 0.15) is 103 Å². The van der Waals surface area contributed by atoms with Gasteiger partial charge in [0.15, 0.2) is 10.2 Å². The van der Waals surface area contributed by atoms with Crippen molar-refractivity contribution in [3.8, 4) is 0 Å². The summed E-state index contributed by atoms with van der Waals surface area (Å²) in [5.41, 5.74) is 13.2. The van der Waals surface area contributed by atoms with Crippen molar-refractivity contribution in [3.63, 3.8) is 0 Å². The smallest absolute Gasteiger partial charge is 0.193 e. The van der Waals surface area contributed by atoms with Gasteiger partial charge in [0.05, 0.1) is 0 Å². The molecule has 0 amide bonds. The fraction of sp³-hybridized carbons (Fsp3) is 0.533. The minimum absolute atomic E-state index is 0.217. The monoisotopic (exact) mass is 528 g/mol. The van der Waals surface area contributed by atoms with Gasteiger partial charge in [0.2, 0.25) is 0 Å². The SMILES string of the molecule is Nc1ccccc1SC(=O)CCCCCCCCCCCCCCCCC(=O)Sc1ccccc1N. The van der Waals surface area contributed by atoms with Crippen LogP contribution < -0.4 is 11.5 Å². The van der Waals surface area contributed by atoms with Gasteiger partial charge < -0.3 is 11.5 Å². The molecule has 0 aliphatic carbocycles. The number of carbonyl (C=O) groups excluding carboxylic acids is 2. The molecule has 0 aromatic heterocycles. The van der Waals surface area contributed by atoms with E-state index in [2.05, 4.69) is 0 Å². The highest BCUT2D eigenvalue weighted by Gasteiger charge is 2.08. The second-order valence-corrected chi connectivity index (χ2v) is 11.7. The molecule has 0 saturated carbocycles. The number of nitrogen functional groups attached to an aromatic ring is 2. The van der Waals surface area contributed by atoms with Gasteiger partial charge in [-0.2, -0.15) is 0 Å². The second-order valence-electron chi connectivity index (χ2n) is 9.47. The lowest BCUT2D eigenvalue weighted by molar-refractivity contribution is -0.111. The van der Waals surface area contributed by atoms with Crippen LogP contribution in [0.25, 0.3) is 0 Å². The fourth-order valence-corrected chi connectivity index (χ4v) is 5.80. The lowest BCUT2D eigenvalue weighted by Gasteiger charge is -2.05. The van der Waals surface area contributed by atoms with Crippen LogP contribution in [0.3, 0.4) is 0 Å². The van der Waals surface area contributed by atoms with Gasteiger partial charge in [0, 0.05) is 34.0 Å². The molecule has 36 heavy (non-hydrogen) atoms. The minimum atomic E-state index is 0.217. The van der Waals surface area contributed by atoms with Crippen molar-refractivity contribution in [1.82, 2.24) is 0 Å². The quantitative estimate of drug-likeness (QED) is 0.107. The maximum atomic E-state index is 12.1. The number of nitrogens with two attached hydrogens (primary N) is 2. The molecule has 0 atom stereocenters. The number of hydrogen-bond acceptors (Lipinski definition) is 6. The van der Waals surface area contributed by atoms with Crippen molar-refractivity contribution < 1.29 is 9.59 Å². The Morgan fingerprint density at radius 2 is 0.750 bits per heavy atom. The Balaban J connectivity index is 1.30. The zero-order valence-corrected chi connectivity index (χ0v) is 23.4. The topological polar surface area (TPSA) is 86.2 Å². The highest BCUT2D eigenvalue weighted by Crippen LogP contribution is 2.28. The number of para-hydroxylation sites is 2. The summed E-state index contributed by atoms with van der Waals surface area (Å²) < 4.78 is 0. The van der Waals surface area contributed by atoms with E-state index in [-0.39, 0.29) is 10.2 Å². The third-order valence-corrected chi connectivity index (χ3v) is 8.34. The van der Waals surface area contributed by atoms with Crippen molar-refractivity contribution in [2.24, 2.45) is 0 Å². The Morgan fingerprint density at radius 1 is 0.472 bits per heavy atom. The van der Waals surface area contributed by atoms with Crippen LogP contribution in [-0.2, 0) is 9.59 Å². The van der Waals surface area contributed by atoms with Crippen molar-refractivity contribution in [1.29, 1.82) is 0 Å². The molecule has 4 nitrogen and oxygen atoms in total. The molecule has 2 aromatic rings. The number of benzene rings is 2.